The molecule has 0 fully saturated rings. The summed E-state index contributed by atoms with van der Waals surface area (Å²) < 4.78 is 5.47. The van der Waals surface area contributed by atoms with E-state index in [0.29, 0.717) is 5.56 Å². The zero-order chi connectivity index (χ0) is 11.8. The van der Waals surface area contributed by atoms with Gasteiger partial charge in [-0.1, -0.05) is 0 Å². The molecule has 3 nitrogen and oxygen atoms in total. The lowest BCUT2D eigenvalue weighted by atomic mass is 9.94. The molecule has 3 heteroatoms. The maximum atomic E-state index is 11.9. The molecule has 0 bridgehead atoms. The van der Waals surface area contributed by atoms with Gasteiger partial charge >= 0.3 is 0 Å². The third-order valence-electron chi connectivity index (χ3n) is 2.73. The third-order valence-corrected chi connectivity index (χ3v) is 2.73. The van der Waals surface area contributed by atoms with Gasteiger partial charge in [0.1, 0.15) is 11.4 Å². The van der Waals surface area contributed by atoms with E-state index in [1.165, 1.54) is 13.8 Å². The lowest BCUT2D eigenvalue weighted by molar-refractivity contribution is 0.0488. The Kier molecular flexibility index (Phi) is 2.72. The van der Waals surface area contributed by atoms with Crippen molar-refractivity contribution in [2.24, 2.45) is 0 Å². The fourth-order valence-electron chi connectivity index (χ4n) is 1.85. The van der Waals surface area contributed by atoms with Crippen LogP contribution in [0.2, 0.25) is 0 Å². The van der Waals surface area contributed by atoms with E-state index in [1.54, 1.807) is 6.07 Å². The first-order valence-corrected chi connectivity index (χ1v) is 5.51. The van der Waals surface area contributed by atoms with Gasteiger partial charge in [0.05, 0.1) is 6.61 Å². The molecule has 0 unspecified atom stereocenters. The summed E-state index contributed by atoms with van der Waals surface area (Å²) in [5.41, 5.74) is 0.294. The Morgan fingerprint density at radius 2 is 2.19 bits per heavy atom. The van der Waals surface area contributed by atoms with Gasteiger partial charge in [-0.15, -0.1) is 0 Å². The van der Waals surface area contributed by atoms with Gasteiger partial charge in [0, 0.05) is 5.56 Å². The van der Waals surface area contributed by atoms with Crippen molar-refractivity contribution < 1.29 is 14.6 Å². The second-order valence-electron chi connectivity index (χ2n) is 4.66. The molecule has 1 aliphatic rings. The molecular formula is C13H16O3. The number of carbonyl (C=O) groups is 1. The maximum absolute atomic E-state index is 11.9. The number of ether oxygens (including phenoxy) is 1. The van der Waals surface area contributed by atoms with Crippen LogP contribution in [-0.2, 0) is 6.42 Å². The third kappa shape index (κ3) is 2.09. The largest absolute Gasteiger partial charge is 0.493 e. The Balaban J connectivity index is 2.34. The highest BCUT2D eigenvalue weighted by Crippen LogP contribution is 2.26. The first-order valence-electron chi connectivity index (χ1n) is 5.51. The maximum Gasteiger partial charge on any atom is 0.193 e. The Labute approximate surface area is 95.0 Å². The van der Waals surface area contributed by atoms with Crippen LogP contribution >= 0.6 is 0 Å². The predicted octanol–water partition coefficient (Wildman–Crippen LogP) is 1.97. The Morgan fingerprint density at radius 1 is 1.44 bits per heavy atom. The van der Waals surface area contributed by atoms with Crippen molar-refractivity contribution >= 4 is 5.78 Å². The lowest BCUT2D eigenvalue weighted by Crippen LogP contribution is -2.31. The van der Waals surface area contributed by atoms with Gasteiger partial charge in [-0.25, -0.2) is 0 Å². The van der Waals surface area contributed by atoms with Crippen LogP contribution < -0.4 is 4.74 Å². The monoisotopic (exact) mass is 220 g/mol. The summed E-state index contributed by atoms with van der Waals surface area (Å²) in [5.74, 6) is 0.611. The van der Waals surface area contributed by atoms with Gasteiger partial charge < -0.3 is 9.84 Å². The molecule has 0 aromatic heterocycles. The van der Waals surface area contributed by atoms with E-state index in [9.17, 15) is 9.90 Å². The smallest absolute Gasteiger partial charge is 0.193 e. The van der Waals surface area contributed by atoms with E-state index in [1.807, 2.05) is 12.1 Å². The van der Waals surface area contributed by atoms with Crippen LogP contribution in [0.4, 0.5) is 0 Å². The summed E-state index contributed by atoms with van der Waals surface area (Å²) in [5, 5.41) is 9.66. The fourth-order valence-corrected chi connectivity index (χ4v) is 1.85. The van der Waals surface area contributed by atoms with E-state index in [2.05, 4.69) is 0 Å². The summed E-state index contributed by atoms with van der Waals surface area (Å²) >= 11 is 0. The molecule has 86 valence electrons. The number of ketones is 1. The average Bonchev–Trinajstić information content (AvgIpc) is 2.26. The van der Waals surface area contributed by atoms with E-state index in [4.69, 9.17) is 4.74 Å². The summed E-state index contributed by atoms with van der Waals surface area (Å²) in [6, 6.07) is 5.35. The number of hydrogen-bond donors (Lipinski definition) is 1. The van der Waals surface area contributed by atoms with Crippen molar-refractivity contribution in [3.8, 4) is 5.75 Å². The lowest BCUT2D eigenvalue weighted by Gasteiger charge is -2.20. The van der Waals surface area contributed by atoms with Gasteiger partial charge in [-0.05, 0) is 50.5 Å². The SMILES string of the molecule is CC(C)(O)C(=O)c1ccc2c(c1)CCCO2. The minimum atomic E-state index is -1.32. The fraction of sp³-hybridized carbons (Fsp3) is 0.462. The average molecular weight is 220 g/mol. The summed E-state index contributed by atoms with van der Waals surface area (Å²) in [7, 11) is 0. The van der Waals surface area contributed by atoms with Crippen molar-refractivity contribution in [2.45, 2.75) is 32.3 Å². The number of Topliss-reactive ketones (excluding diaryl/α,β-unsaturated/α-hetero) is 1. The van der Waals surface area contributed by atoms with Crippen molar-refractivity contribution in [2.75, 3.05) is 6.61 Å². The first kappa shape index (κ1) is 11.1. The highest BCUT2D eigenvalue weighted by molar-refractivity contribution is 6.02. The molecular weight excluding hydrogens is 204 g/mol. The molecule has 1 aromatic rings. The van der Waals surface area contributed by atoms with Gasteiger partial charge in [0.2, 0.25) is 0 Å². The highest BCUT2D eigenvalue weighted by Gasteiger charge is 2.26. The van der Waals surface area contributed by atoms with Gasteiger partial charge in [0.15, 0.2) is 5.78 Å². The Morgan fingerprint density at radius 3 is 2.88 bits per heavy atom. The van der Waals surface area contributed by atoms with Gasteiger partial charge in [-0.3, -0.25) is 4.79 Å². The van der Waals surface area contributed by atoms with Crippen LogP contribution in [0.5, 0.6) is 5.75 Å². The van der Waals surface area contributed by atoms with Crippen molar-refractivity contribution in [3.05, 3.63) is 29.3 Å². The molecule has 0 atom stereocenters. The standard InChI is InChI=1S/C13H16O3/c1-13(2,15)12(14)10-5-6-11-9(8-10)4-3-7-16-11/h5-6,8,15H,3-4,7H2,1-2H3. The molecule has 0 spiro atoms. The number of carbonyl (C=O) groups excluding carboxylic acids is 1. The minimum absolute atomic E-state index is 0.249. The Bertz CT molecular complexity index is 416. The number of hydrogen-bond acceptors (Lipinski definition) is 3. The number of aliphatic hydroxyl groups is 1. The molecule has 2 rings (SSSR count). The molecule has 0 saturated heterocycles. The second-order valence-corrected chi connectivity index (χ2v) is 4.66. The summed E-state index contributed by atoms with van der Waals surface area (Å²) in [6.45, 7) is 3.75. The van der Waals surface area contributed by atoms with E-state index in [-0.39, 0.29) is 5.78 Å². The first-order chi connectivity index (χ1) is 7.48. The van der Waals surface area contributed by atoms with Crippen LogP contribution in [-0.4, -0.2) is 23.1 Å². The van der Waals surface area contributed by atoms with E-state index >= 15 is 0 Å². The van der Waals surface area contributed by atoms with Crippen LogP contribution in [0.1, 0.15) is 36.2 Å². The van der Waals surface area contributed by atoms with Crippen LogP contribution in [0.25, 0.3) is 0 Å². The molecule has 0 amide bonds. The predicted molar refractivity (Wildman–Crippen MR) is 60.9 cm³/mol. The normalized spacial score (nSPS) is 15.2. The molecule has 0 aliphatic carbocycles. The van der Waals surface area contributed by atoms with Crippen molar-refractivity contribution in [1.29, 1.82) is 0 Å². The topological polar surface area (TPSA) is 46.5 Å². The molecule has 1 heterocycles. The molecule has 16 heavy (non-hydrogen) atoms. The quantitative estimate of drug-likeness (QED) is 0.775. The molecule has 1 aromatic carbocycles. The van der Waals surface area contributed by atoms with E-state index in [0.717, 1.165) is 30.8 Å². The van der Waals surface area contributed by atoms with Crippen LogP contribution in [0.15, 0.2) is 18.2 Å². The number of benzene rings is 1. The summed E-state index contributed by atoms with van der Waals surface area (Å²) in [4.78, 5) is 11.9. The van der Waals surface area contributed by atoms with Crippen LogP contribution in [0.3, 0.4) is 0 Å². The number of rotatable bonds is 2. The summed E-state index contributed by atoms with van der Waals surface area (Å²) in [6.07, 6.45) is 1.91. The Hall–Kier alpha value is -1.35. The zero-order valence-electron chi connectivity index (χ0n) is 9.62. The molecule has 1 aliphatic heterocycles. The van der Waals surface area contributed by atoms with Crippen molar-refractivity contribution in [1.82, 2.24) is 0 Å². The highest BCUT2D eigenvalue weighted by atomic mass is 16.5. The minimum Gasteiger partial charge on any atom is -0.493 e. The van der Waals surface area contributed by atoms with Crippen LogP contribution in [0, 0.1) is 0 Å². The zero-order valence-corrected chi connectivity index (χ0v) is 9.62. The van der Waals surface area contributed by atoms with Gasteiger partial charge in [0.25, 0.3) is 0 Å². The van der Waals surface area contributed by atoms with E-state index < -0.39 is 5.60 Å². The molecule has 0 saturated carbocycles. The molecule has 0 radical (unpaired) electrons. The molecule has 1 N–H and O–H groups in total. The van der Waals surface area contributed by atoms with Gasteiger partial charge in [-0.2, -0.15) is 0 Å². The second kappa shape index (κ2) is 3.91. The van der Waals surface area contributed by atoms with Crippen molar-refractivity contribution in [3.63, 3.8) is 0 Å². The number of aryl methyl sites for hydroxylation is 1. The number of fused-ring (bicyclic) bond motifs is 1.